The Morgan fingerprint density at radius 1 is 1.56 bits per heavy atom. The van der Waals surface area contributed by atoms with E-state index < -0.39 is 0 Å². The van der Waals surface area contributed by atoms with E-state index in [1.807, 2.05) is 0 Å². The van der Waals surface area contributed by atoms with E-state index in [2.05, 4.69) is 21.2 Å². The number of alkyl halides is 1. The molecule has 1 atom stereocenters. The van der Waals surface area contributed by atoms with E-state index >= 15 is 0 Å². The summed E-state index contributed by atoms with van der Waals surface area (Å²) in [4.78, 5) is 20.9. The maximum atomic E-state index is 10.6. The smallest absolute Gasteiger partial charge is 0.240 e. The minimum Gasteiger partial charge on any atom is -0.295 e. The van der Waals surface area contributed by atoms with E-state index in [-0.39, 0.29) is 16.6 Å². The lowest BCUT2D eigenvalue weighted by Crippen LogP contribution is -2.41. The van der Waals surface area contributed by atoms with Gasteiger partial charge in [-0.2, -0.15) is 0 Å². The van der Waals surface area contributed by atoms with Crippen LogP contribution in [0.4, 0.5) is 0 Å². The number of carbonyl (C=O) groups is 2. The second kappa shape index (κ2) is 2.47. The number of hydrogen-bond donors (Lipinski definition) is 1. The quantitative estimate of drug-likeness (QED) is 0.439. The van der Waals surface area contributed by atoms with Gasteiger partial charge in [-0.3, -0.25) is 14.9 Å². The van der Waals surface area contributed by atoms with E-state index in [4.69, 9.17) is 0 Å². The summed E-state index contributed by atoms with van der Waals surface area (Å²) in [6.45, 7) is 0. The molecule has 0 saturated carbocycles. The molecule has 1 heterocycles. The molecular weight excluding hydrogens is 186 g/mol. The predicted molar refractivity (Wildman–Crippen MR) is 35.1 cm³/mol. The third-order valence-electron chi connectivity index (χ3n) is 1.17. The fourth-order valence-electron chi connectivity index (χ4n) is 0.667. The van der Waals surface area contributed by atoms with Crippen LogP contribution in [0, 0.1) is 0 Å². The van der Waals surface area contributed by atoms with Gasteiger partial charge in [-0.25, -0.2) is 0 Å². The van der Waals surface area contributed by atoms with Crippen LogP contribution >= 0.6 is 15.9 Å². The van der Waals surface area contributed by atoms with Crippen LogP contribution in [0.5, 0.6) is 0 Å². The van der Waals surface area contributed by atoms with Gasteiger partial charge in [0.15, 0.2) is 0 Å². The number of amides is 2. The fraction of sp³-hybridized carbons (Fsp3) is 0.600. The molecule has 0 aromatic heterocycles. The van der Waals surface area contributed by atoms with Crippen LogP contribution in [-0.2, 0) is 9.59 Å². The molecule has 1 fully saturated rings. The molecule has 3 nitrogen and oxygen atoms in total. The van der Waals surface area contributed by atoms with Crippen molar-refractivity contribution in [1.82, 2.24) is 5.32 Å². The average molecular weight is 192 g/mol. The van der Waals surface area contributed by atoms with Gasteiger partial charge in [0.2, 0.25) is 11.8 Å². The lowest BCUT2D eigenvalue weighted by molar-refractivity contribution is -0.132. The molecule has 1 aliphatic heterocycles. The number of imide groups is 1. The average Bonchev–Trinajstić information content (AvgIpc) is 1.80. The Balaban J connectivity index is 2.54. The van der Waals surface area contributed by atoms with Gasteiger partial charge in [0.1, 0.15) is 0 Å². The highest BCUT2D eigenvalue weighted by Gasteiger charge is 2.23. The summed E-state index contributed by atoms with van der Waals surface area (Å²) in [5.74, 6) is -0.387. The molecule has 0 aliphatic carbocycles. The first kappa shape index (κ1) is 6.74. The van der Waals surface area contributed by atoms with Gasteiger partial charge in [0, 0.05) is 6.42 Å². The lowest BCUT2D eigenvalue weighted by atomic mass is 10.1. The van der Waals surface area contributed by atoms with Crippen LogP contribution in [0.2, 0.25) is 0 Å². The second-order valence-corrected chi connectivity index (χ2v) is 3.02. The molecule has 0 radical (unpaired) electrons. The third-order valence-corrected chi connectivity index (χ3v) is 2.05. The van der Waals surface area contributed by atoms with Gasteiger partial charge in [0.25, 0.3) is 0 Å². The maximum Gasteiger partial charge on any atom is 0.240 e. The standard InChI is InChI=1S/C5H6BrNO2/c6-3-1-2-4(8)7-5(3)9/h3H,1-2H2,(H,7,8,9)/t3-/m0/s1. The van der Waals surface area contributed by atoms with Crippen molar-refractivity contribution >= 4 is 27.7 Å². The highest BCUT2D eigenvalue weighted by molar-refractivity contribution is 9.10. The number of piperidine rings is 1. The predicted octanol–water partition coefficient (Wildman–Crippen LogP) is 0.186. The second-order valence-electron chi connectivity index (χ2n) is 1.92. The largest absolute Gasteiger partial charge is 0.295 e. The van der Waals surface area contributed by atoms with Crippen molar-refractivity contribution < 1.29 is 9.59 Å². The van der Waals surface area contributed by atoms with Crippen LogP contribution in [0.25, 0.3) is 0 Å². The Morgan fingerprint density at radius 3 is 2.67 bits per heavy atom. The Morgan fingerprint density at radius 2 is 2.22 bits per heavy atom. The summed E-state index contributed by atoms with van der Waals surface area (Å²) in [6, 6.07) is 0. The van der Waals surface area contributed by atoms with E-state index in [1.54, 1.807) is 0 Å². The number of hydrogen-bond acceptors (Lipinski definition) is 2. The van der Waals surface area contributed by atoms with Crippen molar-refractivity contribution in [2.75, 3.05) is 0 Å². The molecule has 1 saturated heterocycles. The summed E-state index contributed by atoms with van der Waals surface area (Å²) >= 11 is 3.12. The van der Waals surface area contributed by atoms with Gasteiger partial charge < -0.3 is 0 Å². The van der Waals surface area contributed by atoms with E-state index in [1.165, 1.54) is 0 Å². The zero-order chi connectivity index (χ0) is 6.85. The topological polar surface area (TPSA) is 46.2 Å². The molecule has 0 aromatic rings. The van der Waals surface area contributed by atoms with Crippen molar-refractivity contribution in [3.63, 3.8) is 0 Å². The molecule has 1 aliphatic rings. The van der Waals surface area contributed by atoms with Crippen molar-refractivity contribution in [1.29, 1.82) is 0 Å². The first-order valence-corrected chi connectivity index (χ1v) is 3.59. The molecule has 50 valence electrons. The van der Waals surface area contributed by atoms with E-state index in [0.717, 1.165) is 0 Å². The van der Waals surface area contributed by atoms with Crippen molar-refractivity contribution in [2.24, 2.45) is 0 Å². The number of halogens is 1. The normalized spacial score (nSPS) is 27.9. The SMILES string of the molecule is O=C1CC[C@H](Br)C(=O)N1. The third kappa shape index (κ3) is 1.51. The Kier molecular flexibility index (Phi) is 1.85. The van der Waals surface area contributed by atoms with Crippen molar-refractivity contribution in [3.05, 3.63) is 0 Å². The summed E-state index contributed by atoms with van der Waals surface area (Å²) < 4.78 is 0. The van der Waals surface area contributed by atoms with Gasteiger partial charge >= 0.3 is 0 Å². The minimum atomic E-state index is -0.216. The van der Waals surface area contributed by atoms with Crippen LogP contribution in [-0.4, -0.2) is 16.6 Å². The Bertz CT molecular complexity index is 157. The van der Waals surface area contributed by atoms with E-state index in [9.17, 15) is 9.59 Å². The van der Waals surface area contributed by atoms with E-state index in [0.29, 0.717) is 12.8 Å². The summed E-state index contributed by atoms with van der Waals surface area (Å²) in [6.07, 6.45) is 1.06. The fourth-order valence-corrected chi connectivity index (χ4v) is 1.01. The van der Waals surface area contributed by atoms with Crippen LogP contribution < -0.4 is 5.32 Å². The Hall–Kier alpha value is -0.380. The highest BCUT2D eigenvalue weighted by atomic mass is 79.9. The van der Waals surface area contributed by atoms with Gasteiger partial charge in [-0.05, 0) is 6.42 Å². The molecule has 1 N–H and O–H groups in total. The number of rotatable bonds is 0. The molecule has 0 spiro atoms. The van der Waals surface area contributed by atoms with Crippen molar-refractivity contribution in [2.45, 2.75) is 17.7 Å². The molecule has 0 aromatic carbocycles. The van der Waals surface area contributed by atoms with Crippen molar-refractivity contribution in [3.8, 4) is 0 Å². The zero-order valence-electron chi connectivity index (χ0n) is 4.69. The maximum absolute atomic E-state index is 10.6. The minimum absolute atomic E-state index is 0.171. The molecule has 9 heavy (non-hydrogen) atoms. The molecule has 0 bridgehead atoms. The molecule has 1 rings (SSSR count). The Labute approximate surface area is 60.9 Å². The van der Waals surface area contributed by atoms with Crippen LogP contribution in [0.3, 0.4) is 0 Å². The van der Waals surface area contributed by atoms with Gasteiger partial charge in [-0.1, -0.05) is 15.9 Å². The number of carbonyl (C=O) groups excluding carboxylic acids is 2. The first-order chi connectivity index (χ1) is 4.20. The first-order valence-electron chi connectivity index (χ1n) is 2.68. The summed E-state index contributed by atoms with van der Waals surface area (Å²) in [5.41, 5.74) is 0. The highest BCUT2D eigenvalue weighted by Crippen LogP contribution is 2.11. The summed E-state index contributed by atoms with van der Waals surface area (Å²) in [7, 11) is 0. The zero-order valence-corrected chi connectivity index (χ0v) is 6.27. The number of nitrogens with one attached hydrogen (secondary N) is 1. The van der Waals surface area contributed by atoms with Gasteiger partial charge in [0.05, 0.1) is 4.83 Å². The van der Waals surface area contributed by atoms with Crippen LogP contribution in [0.1, 0.15) is 12.8 Å². The molecular formula is C5H6BrNO2. The molecule has 4 heteroatoms. The molecule has 2 amide bonds. The van der Waals surface area contributed by atoms with Crippen LogP contribution in [0.15, 0.2) is 0 Å². The molecule has 0 unspecified atom stereocenters. The lowest BCUT2D eigenvalue weighted by Gasteiger charge is -2.14. The monoisotopic (exact) mass is 191 g/mol. The van der Waals surface area contributed by atoms with Gasteiger partial charge in [-0.15, -0.1) is 0 Å². The summed E-state index contributed by atoms with van der Waals surface area (Å²) in [5, 5.41) is 2.20.